The third-order valence-corrected chi connectivity index (χ3v) is 4.67. The van der Waals surface area contributed by atoms with Crippen LogP contribution in [0.5, 0.6) is 17.2 Å². The molecule has 2 aromatic carbocycles. The fourth-order valence-corrected chi connectivity index (χ4v) is 3.36. The number of fused-ring (bicyclic) bond motifs is 1. The van der Waals surface area contributed by atoms with Gasteiger partial charge in [-0.1, -0.05) is 23.7 Å². The summed E-state index contributed by atoms with van der Waals surface area (Å²) in [6, 6.07) is 11.1. The van der Waals surface area contributed by atoms with Gasteiger partial charge in [-0.25, -0.2) is 0 Å². The topological polar surface area (TPSA) is 51.2 Å². The molecule has 0 aliphatic carbocycles. The zero-order valence-corrected chi connectivity index (χ0v) is 13.8. The van der Waals surface area contributed by atoms with E-state index in [-0.39, 0.29) is 18.6 Å². The zero-order valence-electron chi connectivity index (χ0n) is 13.1. The Morgan fingerprint density at radius 3 is 2.38 bits per heavy atom. The Morgan fingerprint density at radius 1 is 1.00 bits per heavy atom. The Kier molecular flexibility index (Phi) is 4.22. The number of phenols is 1. The quantitative estimate of drug-likeness (QED) is 0.924. The van der Waals surface area contributed by atoms with Gasteiger partial charge in [0.1, 0.15) is 5.75 Å². The lowest BCUT2D eigenvalue weighted by molar-refractivity contribution is 0.0235. The van der Waals surface area contributed by atoms with Crippen LogP contribution in [0.2, 0.25) is 5.02 Å². The van der Waals surface area contributed by atoms with Crippen LogP contribution in [0.3, 0.4) is 0 Å². The van der Waals surface area contributed by atoms with Crippen LogP contribution in [-0.4, -0.2) is 43.1 Å². The van der Waals surface area contributed by atoms with Gasteiger partial charge in [-0.05, 0) is 23.8 Å². The Balaban J connectivity index is 1.78. The van der Waals surface area contributed by atoms with Crippen molar-refractivity contribution in [1.82, 2.24) is 4.90 Å². The minimum Gasteiger partial charge on any atom is -0.507 e. The summed E-state index contributed by atoms with van der Waals surface area (Å²) in [5.74, 6) is 1.44. The highest BCUT2D eigenvalue weighted by atomic mass is 35.5. The van der Waals surface area contributed by atoms with Crippen LogP contribution in [-0.2, 0) is 4.74 Å². The summed E-state index contributed by atoms with van der Waals surface area (Å²) in [5, 5.41) is 11.3. The van der Waals surface area contributed by atoms with Crippen LogP contribution in [0, 0.1) is 0 Å². The average molecular weight is 348 g/mol. The summed E-state index contributed by atoms with van der Waals surface area (Å²) in [5.41, 5.74) is 1.86. The molecule has 6 heteroatoms. The molecular formula is C18H18ClNO4. The Bertz CT molecular complexity index is 729. The molecule has 0 bridgehead atoms. The van der Waals surface area contributed by atoms with Gasteiger partial charge in [0.2, 0.25) is 6.79 Å². The van der Waals surface area contributed by atoms with Crippen LogP contribution >= 0.6 is 11.6 Å². The molecule has 0 aromatic heterocycles. The zero-order chi connectivity index (χ0) is 16.5. The number of hydrogen-bond donors (Lipinski definition) is 1. The van der Waals surface area contributed by atoms with Gasteiger partial charge in [0.25, 0.3) is 0 Å². The number of rotatable bonds is 3. The summed E-state index contributed by atoms with van der Waals surface area (Å²) in [6.45, 7) is 3.12. The standard InChI is InChI=1S/C18H18ClNO4/c19-13-3-1-12(2-4-13)18(20-5-7-22-8-6-20)14-9-16-17(10-15(14)21)24-11-23-16/h1-4,9-10,18,21H,5-8,11H2/t18-/m0/s1. The number of benzene rings is 2. The lowest BCUT2D eigenvalue weighted by atomic mass is 9.95. The lowest BCUT2D eigenvalue weighted by Gasteiger charge is -2.35. The van der Waals surface area contributed by atoms with E-state index in [1.54, 1.807) is 6.07 Å². The first-order chi connectivity index (χ1) is 11.7. The van der Waals surface area contributed by atoms with E-state index in [1.165, 1.54) is 0 Å². The third-order valence-electron chi connectivity index (χ3n) is 4.41. The number of halogens is 1. The van der Waals surface area contributed by atoms with Crippen LogP contribution in [0.25, 0.3) is 0 Å². The molecule has 0 radical (unpaired) electrons. The van der Waals surface area contributed by atoms with Gasteiger partial charge in [-0.15, -0.1) is 0 Å². The second-order valence-electron chi connectivity index (χ2n) is 5.87. The summed E-state index contributed by atoms with van der Waals surface area (Å²) < 4.78 is 16.3. The number of phenolic OH excluding ortho intramolecular Hbond substituents is 1. The normalized spacial score (nSPS) is 18.5. The molecule has 0 saturated carbocycles. The molecule has 2 aliphatic heterocycles. The molecule has 1 fully saturated rings. The van der Waals surface area contributed by atoms with Crippen molar-refractivity contribution in [3.8, 4) is 17.2 Å². The Labute approximate surface area is 145 Å². The fourth-order valence-electron chi connectivity index (χ4n) is 3.23. The van der Waals surface area contributed by atoms with Gasteiger partial charge in [-0.3, -0.25) is 4.90 Å². The van der Waals surface area contributed by atoms with Crippen molar-refractivity contribution in [1.29, 1.82) is 0 Å². The minimum absolute atomic E-state index is 0.0966. The molecule has 126 valence electrons. The number of morpholine rings is 1. The second kappa shape index (κ2) is 6.51. The first-order valence-electron chi connectivity index (χ1n) is 7.92. The molecule has 1 atom stereocenters. The molecule has 4 rings (SSSR count). The van der Waals surface area contributed by atoms with E-state index < -0.39 is 0 Å². The van der Waals surface area contributed by atoms with Crippen molar-refractivity contribution < 1.29 is 19.3 Å². The van der Waals surface area contributed by atoms with Crippen molar-refractivity contribution in [2.75, 3.05) is 33.1 Å². The minimum atomic E-state index is -0.0966. The van der Waals surface area contributed by atoms with E-state index in [9.17, 15) is 5.11 Å². The SMILES string of the molecule is Oc1cc2c(cc1[C@H](c1ccc(Cl)cc1)N1CCOCC1)OCO2. The average Bonchev–Trinajstić information content (AvgIpc) is 3.05. The molecule has 24 heavy (non-hydrogen) atoms. The molecule has 0 unspecified atom stereocenters. The van der Waals surface area contributed by atoms with Gasteiger partial charge in [-0.2, -0.15) is 0 Å². The predicted molar refractivity (Wildman–Crippen MR) is 89.9 cm³/mol. The molecule has 2 heterocycles. The summed E-state index contributed by atoms with van der Waals surface area (Å²) in [4.78, 5) is 2.30. The van der Waals surface area contributed by atoms with Gasteiger partial charge in [0.05, 0.1) is 19.3 Å². The van der Waals surface area contributed by atoms with Crippen LogP contribution in [0.4, 0.5) is 0 Å². The summed E-state index contributed by atoms with van der Waals surface area (Å²) in [7, 11) is 0. The lowest BCUT2D eigenvalue weighted by Crippen LogP contribution is -2.39. The number of nitrogens with zero attached hydrogens (tertiary/aromatic N) is 1. The first kappa shape index (κ1) is 15.6. The Hall–Kier alpha value is -1.95. The van der Waals surface area contributed by atoms with Crippen molar-refractivity contribution in [3.05, 3.63) is 52.5 Å². The number of ether oxygens (including phenoxy) is 3. The maximum Gasteiger partial charge on any atom is 0.231 e. The van der Waals surface area contributed by atoms with E-state index in [0.29, 0.717) is 29.7 Å². The predicted octanol–water partition coefficient (Wildman–Crippen LogP) is 3.20. The monoisotopic (exact) mass is 347 g/mol. The van der Waals surface area contributed by atoms with Crippen LogP contribution in [0.15, 0.2) is 36.4 Å². The van der Waals surface area contributed by atoms with E-state index >= 15 is 0 Å². The third kappa shape index (κ3) is 2.90. The summed E-state index contributed by atoms with van der Waals surface area (Å²) >= 11 is 6.04. The number of aromatic hydroxyl groups is 1. The van der Waals surface area contributed by atoms with Gasteiger partial charge in [0.15, 0.2) is 11.5 Å². The Morgan fingerprint density at radius 2 is 1.67 bits per heavy atom. The maximum atomic E-state index is 10.6. The van der Waals surface area contributed by atoms with E-state index in [2.05, 4.69) is 4.90 Å². The smallest absolute Gasteiger partial charge is 0.231 e. The van der Waals surface area contributed by atoms with E-state index in [0.717, 1.165) is 24.2 Å². The maximum absolute atomic E-state index is 10.6. The van der Waals surface area contributed by atoms with Gasteiger partial charge < -0.3 is 19.3 Å². The van der Waals surface area contributed by atoms with Gasteiger partial charge >= 0.3 is 0 Å². The van der Waals surface area contributed by atoms with Crippen LogP contribution in [0.1, 0.15) is 17.2 Å². The fraction of sp³-hybridized carbons (Fsp3) is 0.333. The first-order valence-corrected chi connectivity index (χ1v) is 8.30. The van der Waals surface area contributed by atoms with Crippen molar-refractivity contribution >= 4 is 11.6 Å². The highest BCUT2D eigenvalue weighted by Crippen LogP contribution is 2.43. The molecule has 2 aromatic rings. The van der Waals surface area contributed by atoms with Crippen LogP contribution < -0.4 is 9.47 Å². The molecule has 5 nitrogen and oxygen atoms in total. The van der Waals surface area contributed by atoms with Crippen molar-refractivity contribution in [2.45, 2.75) is 6.04 Å². The molecule has 2 aliphatic rings. The summed E-state index contributed by atoms with van der Waals surface area (Å²) in [6.07, 6.45) is 0. The van der Waals surface area contributed by atoms with E-state index in [1.807, 2.05) is 30.3 Å². The molecule has 1 N–H and O–H groups in total. The number of hydrogen-bond acceptors (Lipinski definition) is 5. The van der Waals surface area contributed by atoms with E-state index in [4.69, 9.17) is 25.8 Å². The largest absolute Gasteiger partial charge is 0.507 e. The molecule has 0 amide bonds. The highest BCUT2D eigenvalue weighted by molar-refractivity contribution is 6.30. The highest BCUT2D eigenvalue weighted by Gasteiger charge is 2.29. The van der Waals surface area contributed by atoms with Crippen molar-refractivity contribution in [2.24, 2.45) is 0 Å². The molecule has 0 spiro atoms. The van der Waals surface area contributed by atoms with Crippen molar-refractivity contribution in [3.63, 3.8) is 0 Å². The van der Waals surface area contributed by atoms with Gasteiger partial charge in [0, 0.05) is 29.7 Å². The second-order valence-corrected chi connectivity index (χ2v) is 6.30. The molecular weight excluding hydrogens is 330 g/mol. The molecule has 1 saturated heterocycles.